The maximum atomic E-state index is 5.34. The van der Waals surface area contributed by atoms with Crippen molar-refractivity contribution in [3.05, 3.63) is 0 Å². The number of nitrogens with one attached hydrogen (secondary N) is 1. The minimum absolute atomic E-state index is 0.493. The SMILES string of the molecule is C#CCC(C)NC1CCC2(CCCC2)CC1. The first-order valence-corrected chi connectivity index (χ1v) is 6.94. The molecule has 0 aliphatic heterocycles. The van der Waals surface area contributed by atoms with Gasteiger partial charge in [0.15, 0.2) is 0 Å². The van der Waals surface area contributed by atoms with E-state index in [4.69, 9.17) is 6.42 Å². The molecule has 0 aromatic carbocycles. The molecule has 0 amide bonds. The average molecular weight is 219 g/mol. The smallest absolute Gasteiger partial charge is 0.0238 e. The molecule has 0 heterocycles. The Hall–Kier alpha value is -0.480. The molecule has 1 atom stereocenters. The van der Waals surface area contributed by atoms with E-state index in [9.17, 15) is 0 Å². The summed E-state index contributed by atoms with van der Waals surface area (Å²) in [7, 11) is 0. The van der Waals surface area contributed by atoms with Gasteiger partial charge in [-0.2, -0.15) is 0 Å². The summed E-state index contributed by atoms with van der Waals surface area (Å²) in [6, 6.07) is 1.22. The molecule has 16 heavy (non-hydrogen) atoms. The Bertz CT molecular complexity index is 247. The van der Waals surface area contributed by atoms with E-state index in [1.165, 1.54) is 51.4 Å². The summed E-state index contributed by atoms with van der Waals surface area (Å²) < 4.78 is 0. The second kappa shape index (κ2) is 5.23. The van der Waals surface area contributed by atoms with Crippen molar-refractivity contribution in [3.8, 4) is 12.3 Å². The first kappa shape index (κ1) is 12.0. The molecule has 0 saturated heterocycles. The maximum absolute atomic E-state index is 5.34. The highest BCUT2D eigenvalue weighted by atomic mass is 14.9. The topological polar surface area (TPSA) is 12.0 Å². The van der Waals surface area contributed by atoms with E-state index >= 15 is 0 Å². The summed E-state index contributed by atoms with van der Waals surface area (Å²) in [4.78, 5) is 0. The minimum atomic E-state index is 0.493. The van der Waals surface area contributed by atoms with E-state index in [2.05, 4.69) is 18.2 Å². The zero-order valence-electron chi connectivity index (χ0n) is 10.6. The Morgan fingerprint density at radius 3 is 2.44 bits per heavy atom. The summed E-state index contributed by atoms with van der Waals surface area (Å²) in [6.07, 6.45) is 17.8. The maximum Gasteiger partial charge on any atom is 0.0238 e. The van der Waals surface area contributed by atoms with Gasteiger partial charge < -0.3 is 5.32 Å². The Morgan fingerprint density at radius 2 is 1.88 bits per heavy atom. The number of rotatable bonds is 3. The molecule has 2 aliphatic rings. The molecule has 2 rings (SSSR count). The minimum Gasteiger partial charge on any atom is -0.311 e. The molecule has 2 aliphatic carbocycles. The summed E-state index contributed by atoms with van der Waals surface area (Å²) in [6.45, 7) is 2.21. The van der Waals surface area contributed by atoms with Crippen LogP contribution in [0.25, 0.3) is 0 Å². The van der Waals surface area contributed by atoms with Crippen molar-refractivity contribution in [2.45, 2.75) is 76.8 Å². The van der Waals surface area contributed by atoms with Crippen LogP contribution >= 0.6 is 0 Å². The van der Waals surface area contributed by atoms with Crippen molar-refractivity contribution in [3.63, 3.8) is 0 Å². The second-order valence-electron chi connectivity index (χ2n) is 5.96. The van der Waals surface area contributed by atoms with E-state index in [1.54, 1.807) is 0 Å². The fourth-order valence-electron chi connectivity index (χ4n) is 3.66. The zero-order chi connectivity index (χ0) is 11.4. The molecule has 2 saturated carbocycles. The Balaban J connectivity index is 1.75. The molecular formula is C15H25N. The predicted octanol–water partition coefficient (Wildman–Crippen LogP) is 3.49. The van der Waals surface area contributed by atoms with Crippen molar-refractivity contribution in [1.82, 2.24) is 5.32 Å². The Labute approximate surface area is 100 Å². The van der Waals surface area contributed by atoms with E-state index in [1.807, 2.05) is 0 Å². The van der Waals surface area contributed by atoms with Crippen LogP contribution in [0.15, 0.2) is 0 Å². The predicted molar refractivity (Wildman–Crippen MR) is 69.2 cm³/mol. The van der Waals surface area contributed by atoms with Crippen LogP contribution in [-0.4, -0.2) is 12.1 Å². The van der Waals surface area contributed by atoms with Gasteiger partial charge >= 0.3 is 0 Å². The van der Waals surface area contributed by atoms with E-state index < -0.39 is 0 Å². The Kier molecular flexibility index (Phi) is 3.92. The van der Waals surface area contributed by atoms with Crippen LogP contribution in [0.4, 0.5) is 0 Å². The third kappa shape index (κ3) is 2.80. The standard InChI is InChI=1S/C15H25N/c1-3-6-13(2)16-14-7-11-15(12-8-14)9-4-5-10-15/h1,13-14,16H,4-12H2,2H3. The fraction of sp³-hybridized carbons (Fsp3) is 0.867. The number of hydrogen-bond donors (Lipinski definition) is 1. The van der Waals surface area contributed by atoms with Crippen molar-refractivity contribution < 1.29 is 0 Å². The number of hydrogen-bond acceptors (Lipinski definition) is 1. The highest BCUT2D eigenvalue weighted by molar-refractivity contribution is 4.93. The molecule has 1 nitrogen and oxygen atoms in total. The van der Waals surface area contributed by atoms with Gasteiger partial charge in [0.2, 0.25) is 0 Å². The Morgan fingerprint density at radius 1 is 1.25 bits per heavy atom. The molecule has 1 unspecified atom stereocenters. The van der Waals surface area contributed by atoms with Gasteiger partial charge in [0.25, 0.3) is 0 Å². The lowest BCUT2D eigenvalue weighted by molar-refractivity contribution is 0.164. The lowest BCUT2D eigenvalue weighted by Crippen LogP contribution is -2.41. The van der Waals surface area contributed by atoms with Gasteiger partial charge in [-0.15, -0.1) is 12.3 Å². The first-order valence-electron chi connectivity index (χ1n) is 6.94. The quantitative estimate of drug-likeness (QED) is 0.716. The largest absolute Gasteiger partial charge is 0.311 e. The molecule has 1 heteroatoms. The van der Waals surface area contributed by atoms with E-state index in [0.717, 1.165) is 17.9 Å². The normalized spacial score (nSPS) is 26.8. The lowest BCUT2D eigenvalue weighted by Gasteiger charge is -2.38. The van der Waals surface area contributed by atoms with Crippen LogP contribution in [-0.2, 0) is 0 Å². The third-order valence-electron chi connectivity index (χ3n) is 4.65. The molecule has 0 radical (unpaired) electrons. The van der Waals surface area contributed by atoms with Gasteiger partial charge in [0.05, 0.1) is 0 Å². The van der Waals surface area contributed by atoms with Crippen LogP contribution < -0.4 is 5.32 Å². The van der Waals surface area contributed by atoms with Crippen molar-refractivity contribution in [2.24, 2.45) is 5.41 Å². The molecule has 1 N–H and O–H groups in total. The van der Waals surface area contributed by atoms with Crippen LogP contribution in [0.3, 0.4) is 0 Å². The zero-order valence-corrected chi connectivity index (χ0v) is 10.6. The molecule has 0 aromatic heterocycles. The van der Waals surface area contributed by atoms with Gasteiger partial charge in [-0.25, -0.2) is 0 Å². The summed E-state index contributed by atoms with van der Waals surface area (Å²) in [5.41, 5.74) is 0.757. The summed E-state index contributed by atoms with van der Waals surface area (Å²) >= 11 is 0. The highest BCUT2D eigenvalue weighted by Crippen LogP contribution is 2.48. The van der Waals surface area contributed by atoms with Crippen molar-refractivity contribution >= 4 is 0 Å². The molecule has 0 bridgehead atoms. The molecule has 1 spiro atoms. The number of terminal acetylenes is 1. The molecular weight excluding hydrogens is 194 g/mol. The average Bonchev–Trinajstić information content (AvgIpc) is 2.71. The van der Waals surface area contributed by atoms with E-state index in [-0.39, 0.29) is 0 Å². The lowest BCUT2D eigenvalue weighted by atomic mass is 9.71. The van der Waals surface area contributed by atoms with E-state index in [0.29, 0.717) is 6.04 Å². The van der Waals surface area contributed by atoms with Gasteiger partial charge in [0, 0.05) is 18.5 Å². The first-order chi connectivity index (χ1) is 7.74. The summed E-state index contributed by atoms with van der Waals surface area (Å²) in [5, 5.41) is 3.68. The van der Waals surface area contributed by atoms with Crippen molar-refractivity contribution in [2.75, 3.05) is 0 Å². The molecule has 90 valence electrons. The second-order valence-corrected chi connectivity index (χ2v) is 5.96. The summed E-state index contributed by atoms with van der Waals surface area (Å²) in [5.74, 6) is 2.74. The third-order valence-corrected chi connectivity index (χ3v) is 4.65. The van der Waals surface area contributed by atoms with Crippen LogP contribution in [0.5, 0.6) is 0 Å². The van der Waals surface area contributed by atoms with Crippen LogP contribution in [0, 0.1) is 17.8 Å². The highest BCUT2D eigenvalue weighted by Gasteiger charge is 2.37. The van der Waals surface area contributed by atoms with Gasteiger partial charge in [-0.05, 0) is 50.9 Å². The van der Waals surface area contributed by atoms with Crippen LogP contribution in [0.2, 0.25) is 0 Å². The van der Waals surface area contributed by atoms with Crippen molar-refractivity contribution in [1.29, 1.82) is 0 Å². The van der Waals surface area contributed by atoms with Crippen LogP contribution in [0.1, 0.15) is 64.7 Å². The fourth-order valence-corrected chi connectivity index (χ4v) is 3.66. The molecule has 2 fully saturated rings. The van der Waals surface area contributed by atoms with Gasteiger partial charge in [0.1, 0.15) is 0 Å². The van der Waals surface area contributed by atoms with Gasteiger partial charge in [-0.3, -0.25) is 0 Å². The van der Waals surface area contributed by atoms with Gasteiger partial charge in [-0.1, -0.05) is 12.8 Å². The monoisotopic (exact) mass is 219 g/mol. The molecule has 0 aromatic rings.